The number of benzene rings is 1. The first-order chi connectivity index (χ1) is 16.2. The molecule has 34 heavy (non-hydrogen) atoms. The number of piperazine rings is 1. The molecular formula is C26H35N5O3. The lowest BCUT2D eigenvalue weighted by molar-refractivity contribution is -0.137. The number of aromatic nitrogens is 2. The summed E-state index contributed by atoms with van der Waals surface area (Å²) in [6.45, 7) is 14.5. The van der Waals surface area contributed by atoms with E-state index in [1.165, 1.54) is 17.3 Å². The Hall–Kier alpha value is -3.26. The zero-order valence-corrected chi connectivity index (χ0v) is 20.7. The van der Waals surface area contributed by atoms with E-state index in [1.54, 1.807) is 13.2 Å². The molecule has 1 aromatic carbocycles. The van der Waals surface area contributed by atoms with Crippen LogP contribution in [0, 0.1) is 5.41 Å². The van der Waals surface area contributed by atoms with Crippen molar-refractivity contribution in [2.45, 2.75) is 27.3 Å². The van der Waals surface area contributed by atoms with Crippen LogP contribution in [0.25, 0.3) is 11.3 Å². The van der Waals surface area contributed by atoms with Crippen molar-refractivity contribution in [2.24, 2.45) is 5.41 Å². The van der Waals surface area contributed by atoms with Crippen LogP contribution in [0.2, 0.25) is 0 Å². The number of carbonyl (C=O) groups excluding carboxylic acids is 2. The molecule has 2 heterocycles. The minimum absolute atomic E-state index is 0.155. The fraction of sp³-hybridized carbons (Fsp3) is 0.462. The minimum atomic E-state index is -0.155. The minimum Gasteiger partial charge on any atom is -0.488 e. The number of nitrogens with zero attached hydrogens (tertiary/aromatic N) is 5. The van der Waals surface area contributed by atoms with Crippen molar-refractivity contribution in [2.75, 3.05) is 46.4 Å². The Kier molecular flexibility index (Phi) is 8.39. The highest BCUT2D eigenvalue weighted by Crippen LogP contribution is 2.27. The third-order valence-electron chi connectivity index (χ3n) is 5.61. The average molecular weight is 466 g/mol. The second-order valence-electron chi connectivity index (χ2n) is 9.83. The molecular weight excluding hydrogens is 430 g/mol. The van der Waals surface area contributed by atoms with Crippen molar-refractivity contribution < 1.29 is 14.3 Å². The van der Waals surface area contributed by atoms with Gasteiger partial charge in [0.05, 0.1) is 19.3 Å². The normalized spacial score (nSPS) is 14.7. The third kappa shape index (κ3) is 7.12. The van der Waals surface area contributed by atoms with E-state index in [4.69, 9.17) is 4.74 Å². The molecule has 1 aliphatic rings. The van der Waals surface area contributed by atoms with E-state index in [-0.39, 0.29) is 17.2 Å². The molecule has 0 atom stereocenters. The summed E-state index contributed by atoms with van der Waals surface area (Å²) in [5.41, 5.74) is 2.84. The molecule has 1 aliphatic heterocycles. The summed E-state index contributed by atoms with van der Waals surface area (Å²) in [6, 6.07) is 8.01. The van der Waals surface area contributed by atoms with Crippen LogP contribution in [0.15, 0.2) is 49.4 Å². The average Bonchev–Trinajstić information content (AvgIpc) is 2.80. The number of amides is 2. The largest absolute Gasteiger partial charge is 0.488 e. The van der Waals surface area contributed by atoms with Gasteiger partial charge >= 0.3 is 0 Å². The summed E-state index contributed by atoms with van der Waals surface area (Å²) in [5, 5.41) is 0. The maximum absolute atomic E-state index is 12.7. The predicted octanol–water partition coefficient (Wildman–Crippen LogP) is 2.86. The van der Waals surface area contributed by atoms with Gasteiger partial charge in [-0.05, 0) is 17.1 Å². The van der Waals surface area contributed by atoms with Gasteiger partial charge in [0.2, 0.25) is 11.8 Å². The lowest BCUT2D eigenvalue weighted by Gasteiger charge is -2.37. The molecule has 1 aromatic heterocycles. The predicted molar refractivity (Wildman–Crippen MR) is 132 cm³/mol. The van der Waals surface area contributed by atoms with Crippen LogP contribution in [0.1, 0.15) is 26.3 Å². The van der Waals surface area contributed by atoms with Gasteiger partial charge in [-0.1, -0.05) is 51.6 Å². The van der Waals surface area contributed by atoms with Crippen LogP contribution in [-0.2, 0) is 16.1 Å². The Morgan fingerprint density at radius 1 is 1.24 bits per heavy atom. The Bertz CT molecular complexity index is 1000. The molecule has 0 spiro atoms. The van der Waals surface area contributed by atoms with Gasteiger partial charge in [0.15, 0.2) is 5.75 Å². The number of ether oxygens (including phenoxy) is 1. The molecule has 1 fully saturated rings. The highest BCUT2D eigenvalue weighted by atomic mass is 16.5. The molecule has 0 unspecified atom stereocenters. The molecule has 0 bridgehead atoms. The number of hydrogen-bond acceptors (Lipinski definition) is 6. The van der Waals surface area contributed by atoms with Crippen LogP contribution in [0.3, 0.4) is 0 Å². The molecule has 8 heteroatoms. The zero-order valence-electron chi connectivity index (χ0n) is 20.7. The first-order valence-electron chi connectivity index (χ1n) is 11.6. The van der Waals surface area contributed by atoms with Gasteiger partial charge in [0, 0.05) is 38.8 Å². The van der Waals surface area contributed by atoms with Crippen LogP contribution < -0.4 is 4.74 Å². The molecule has 0 N–H and O–H groups in total. The van der Waals surface area contributed by atoms with Crippen molar-refractivity contribution in [1.82, 2.24) is 24.7 Å². The number of hydrogen-bond donors (Lipinski definition) is 0. The quantitative estimate of drug-likeness (QED) is 0.530. The van der Waals surface area contributed by atoms with E-state index in [9.17, 15) is 9.59 Å². The van der Waals surface area contributed by atoms with Gasteiger partial charge in [-0.2, -0.15) is 0 Å². The van der Waals surface area contributed by atoms with E-state index in [0.717, 1.165) is 30.8 Å². The molecule has 3 rings (SSSR count). The number of carbonyl (C=O) groups is 2. The molecule has 8 nitrogen and oxygen atoms in total. The first kappa shape index (κ1) is 25.4. The van der Waals surface area contributed by atoms with Gasteiger partial charge in [0.1, 0.15) is 18.6 Å². The van der Waals surface area contributed by atoms with E-state index in [1.807, 2.05) is 29.2 Å². The lowest BCUT2D eigenvalue weighted by atomic mass is 9.95. The highest BCUT2D eigenvalue weighted by Gasteiger charge is 2.26. The van der Waals surface area contributed by atoms with Gasteiger partial charge in [-0.3, -0.25) is 14.5 Å². The Balaban J connectivity index is 1.59. The summed E-state index contributed by atoms with van der Waals surface area (Å²) in [4.78, 5) is 38.4. The standard InChI is InChI=1S/C26H35N5O3/c1-6-23(32)29(5)13-14-34-22-15-27-19-28-25(22)21-9-7-20(8-10-21)16-31-12-11-30(17-24(31)33)18-26(2,3)4/h6-10,15,19H,1,11-14,16-18H2,2-5H3. The van der Waals surface area contributed by atoms with E-state index in [0.29, 0.717) is 37.7 Å². The highest BCUT2D eigenvalue weighted by molar-refractivity contribution is 5.86. The molecule has 2 aromatic rings. The number of rotatable bonds is 9. The molecule has 0 radical (unpaired) electrons. The summed E-state index contributed by atoms with van der Waals surface area (Å²) in [6.07, 6.45) is 4.39. The maximum Gasteiger partial charge on any atom is 0.245 e. The molecule has 0 aliphatic carbocycles. The second-order valence-corrected chi connectivity index (χ2v) is 9.83. The lowest BCUT2D eigenvalue weighted by Crippen LogP contribution is -2.51. The smallest absolute Gasteiger partial charge is 0.245 e. The molecule has 182 valence electrons. The van der Waals surface area contributed by atoms with E-state index in [2.05, 4.69) is 42.2 Å². The first-order valence-corrected chi connectivity index (χ1v) is 11.6. The van der Waals surface area contributed by atoms with Gasteiger partial charge < -0.3 is 14.5 Å². The van der Waals surface area contributed by atoms with Crippen molar-refractivity contribution in [3.8, 4) is 17.0 Å². The fourth-order valence-corrected chi connectivity index (χ4v) is 3.92. The number of likely N-dealkylation sites (N-methyl/N-ethyl adjacent to an activating group) is 1. The van der Waals surface area contributed by atoms with Crippen molar-refractivity contribution in [1.29, 1.82) is 0 Å². The van der Waals surface area contributed by atoms with Crippen molar-refractivity contribution >= 4 is 11.8 Å². The Morgan fingerprint density at radius 2 is 1.97 bits per heavy atom. The molecule has 1 saturated heterocycles. The third-order valence-corrected chi connectivity index (χ3v) is 5.61. The van der Waals surface area contributed by atoms with Gasteiger partial charge in [-0.15, -0.1) is 0 Å². The monoisotopic (exact) mass is 465 g/mol. The van der Waals surface area contributed by atoms with Crippen LogP contribution in [-0.4, -0.2) is 82.9 Å². The van der Waals surface area contributed by atoms with Crippen LogP contribution in [0.5, 0.6) is 5.75 Å². The van der Waals surface area contributed by atoms with Crippen molar-refractivity contribution in [3.63, 3.8) is 0 Å². The van der Waals surface area contributed by atoms with Gasteiger partial charge in [-0.25, -0.2) is 9.97 Å². The van der Waals surface area contributed by atoms with Gasteiger partial charge in [0.25, 0.3) is 0 Å². The van der Waals surface area contributed by atoms with Crippen molar-refractivity contribution in [3.05, 3.63) is 55.0 Å². The second kappa shape index (κ2) is 11.2. The molecule has 0 saturated carbocycles. The van der Waals surface area contributed by atoms with Crippen LogP contribution in [0.4, 0.5) is 0 Å². The molecule has 2 amide bonds. The topological polar surface area (TPSA) is 78.9 Å². The summed E-state index contributed by atoms with van der Waals surface area (Å²) in [5.74, 6) is 0.573. The summed E-state index contributed by atoms with van der Waals surface area (Å²) < 4.78 is 5.86. The fourth-order valence-electron chi connectivity index (χ4n) is 3.92. The summed E-state index contributed by atoms with van der Waals surface area (Å²) in [7, 11) is 1.70. The SMILES string of the molecule is C=CC(=O)N(C)CCOc1cncnc1-c1ccc(CN2CCN(CC(C)(C)C)CC2=O)cc1. The maximum atomic E-state index is 12.7. The zero-order chi connectivity index (χ0) is 24.7. The Labute approximate surface area is 202 Å². The van der Waals surface area contributed by atoms with Crippen LogP contribution >= 0.6 is 0 Å². The Morgan fingerprint density at radius 3 is 2.62 bits per heavy atom. The van der Waals surface area contributed by atoms with E-state index >= 15 is 0 Å². The van der Waals surface area contributed by atoms with E-state index < -0.39 is 0 Å². The summed E-state index contributed by atoms with van der Waals surface area (Å²) >= 11 is 0.